The second-order valence-electron chi connectivity index (χ2n) is 4.40. The summed E-state index contributed by atoms with van der Waals surface area (Å²) in [5, 5.41) is 12.3. The fourth-order valence-corrected chi connectivity index (χ4v) is 2.86. The molecule has 1 nitrogen and oxygen atoms in total. The number of hydrogen-bond donors (Lipinski definition) is 1. The quantitative estimate of drug-likeness (QED) is 0.798. The van der Waals surface area contributed by atoms with E-state index >= 15 is 0 Å². The minimum Gasteiger partial charge on any atom is -0.386 e. The molecular formula is C14H18OS. The van der Waals surface area contributed by atoms with Gasteiger partial charge in [0.15, 0.2) is 0 Å². The van der Waals surface area contributed by atoms with Gasteiger partial charge >= 0.3 is 0 Å². The lowest BCUT2D eigenvalue weighted by Gasteiger charge is -2.28. The van der Waals surface area contributed by atoms with Crippen LogP contribution in [0.3, 0.4) is 0 Å². The summed E-state index contributed by atoms with van der Waals surface area (Å²) < 4.78 is 0. The summed E-state index contributed by atoms with van der Waals surface area (Å²) >= 11 is 1.67. The van der Waals surface area contributed by atoms with E-state index in [1.54, 1.807) is 11.8 Å². The van der Waals surface area contributed by atoms with Crippen molar-refractivity contribution in [3.05, 3.63) is 41.8 Å². The molecule has 0 radical (unpaired) electrons. The molecule has 1 N–H and O–H groups in total. The van der Waals surface area contributed by atoms with Crippen molar-refractivity contribution in [1.82, 2.24) is 0 Å². The van der Waals surface area contributed by atoms with Crippen molar-refractivity contribution < 1.29 is 5.11 Å². The summed E-state index contributed by atoms with van der Waals surface area (Å²) in [4.78, 5) is 1.22. The third-order valence-electron chi connectivity index (χ3n) is 3.04. The SMILES string of the molecule is OC1(/C=C/Sc2ccccc2)CCCCC1. The maximum Gasteiger partial charge on any atom is 0.0835 e. The van der Waals surface area contributed by atoms with Gasteiger partial charge in [-0.3, -0.25) is 0 Å². The van der Waals surface area contributed by atoms with Gasteiger partial charge in [0.25, 0.3) is 0 Å². The molecule has 0 saturated heterocycles. The molecule has 1 aliphatic carbocycles. The third-order valence-corrected chi connectivity index (χ3v) is 3.86. The van der Waals surface area contributed by atoms with Crippen LogP contribution in [0, 0.1) is 0 Å². The Balaban J connectivity index is 1.89. The average molecular weight is 234 g/mol. The smallest absolute Gasteiger partial charge is 0.0835 e. The molecule has 1 fully saturated rings. The molecule has 2 rings (SSSR count). The predicted octanol–water partition coefficient (Wildman–Crippen LogP) is 3.99. The highest BCUT2D eigenvalue weighted by molar-refractivity contribution is 8.02. The van der Waals surface area contributed by atoms with E-state index in [2.05, 4.69) is 12.1 Å². The van der Waals surface area contributed by atoms with E-state index in [1.165, 1.54) is 11.3 Å². The zero-order chi connectivity index (χ0) is 11.3. The van der Waals surface area contributed by atoms with Crippen molar-refractivity contribution in [2.24, 2.45) is 0 Å². The topological polar surface area (TPSA) is 20.2 Å². The first-order chi connectivity index (χ1) is 7.79. The highest BCUT2D eigenvalue weighted by Gasteiger charge is 2.25. The number of thioether (sulfide) groups is 1. The Morgan fingerprint density at radius 3 is 2.44 bits per heavy atom. The van der Waals surface area contributed by atoms with E-state index in [1.807, 2.05) is 29.7 Å². The van der Waals surface area contributed by atoms with E-state index in [0.717, 1.165) is 25.7 Å². The van der Waals surface area contributed by atoms with Gasteiger partial charge in [-0.15, -0.1) is 0 Å². The molecule has 2 heteroatoms. The number of hydrogen-bond acceptors (Lipinski definition) is 2. The van der Waals surface area contributed by atoms with Crippen LogP contribution in [-0.4, -0.2) is 10.7 Å². The Kier molecular flexibility index (Phi) is 4.08. The molecule has 1 aromatic carbocycles. The van der Waals surface area contributed by atoms with Crippen molar-refractivity contribution in [3.63, 3.8) is 0 Å². The fourth-order valence-electron chi connectivity index (χ4n) is 2.07. The molecular weight excluding hydrogens is 216 g/mol. The molecule has 1 aliphatic rings. The molecule has 0 atom stereocenters. The molecule has 0 heterocycles. The second kappa shape index (κ2) is 5.55. The maximum absolute atomic E-state index is 10.2. The van der Waals surface area contributed by atoms with E-state index in [-0.39, 0.29) is 0 Å². The third kappa shape index (κ3) is 3.39. The van der Waals surface area contributed by atoms with Crippen LogP contribution in [0.15, 0.2) is 46.7 Å². The van der Waals surface area contributed by atoms with Crippen molar-refractivity contribution in [2.75, 3.05) is 0 Å². The van der Waals surface area contributed by atoms with Crippen molar-refractivity contribution in [1.29, 1.82) is 0 Å². The van der Waals surface area contributed by atoms with Gasteiger partial charge in [-0.1, -0.05) is 49.2 Å². The Bertz CT molecular complexity index is 339. The number of aliphatic hydroxyl groups is 1. The summed E-state index contributed by atoms with van der Waals surface area (Å²) in [6.07, 6.45) is 7.37. The van der Waals surface area contributed by atoms with E-state index in [0.29, 0.717) is 0 Å². The Labute approximate surface area is 102 Å². The molecule has 0 spiro atoms. The summed E-state index contributed by atoms with van der Waals surface area (Å²) in [5.74, 6) is 0. The van der Waals surface area contributed by atoms with Gasteiger partial charge in [0.1, 0.15) is 0 Å². The highest BCUT2D eigenvalue weighted by Crippen LogP contribution is 2.30. The monoisotopic (exact) mass is 234 g/mol. The number of rotatable bonds is 3. The molecule has 0 unspecified atom stereocenters. The zero-order valence-corrected chi connectivity index (χ0v) is 10.2. The lowest BCUT2D eigenvalue weighted by atomic mass is 9.85. The van der Waals surface area contributed by atoms with Gasteiger partial charge in [0, 0.05) is 4.90 Å². The average Bonchev–Trinajstić information content (AvgIpc) is 2.31. The van der Waals surface area contributed by atoms with Crippen LogP contribution >= 0.6 is 11.8 Å². The normalized spacial score (nSPS) is 20.1. The van der Waals surface area contributed by atoms with Crippen LogP contribution < -0.4 is 0 Å². The molecule has 0 bridgehead atoms. The number of benzene rings is 1. The predicted molar refractivity (Wildman–Crippen MR) is 69.5 cm³/mol. The highest BCUT2D eigenvalue weighted by atomic mass is 32.2. The van der Waals surface area contributed by atoms with Crippen LogP contribution in [0.2, 0.25) is 0 Å². The first kappa shape index (κ1) is 11.7. The molecule has 16 heavy (non-hydrogen) atoms. The van der Waals surface area contributed by atoms with Crippen molar-refractivity contribution in [3.8, 4) is 0 Å². The summed E-state index contributed by atoms with van der Waals surface area (Å²) in [6.45, 7) is 0. The van der Waals surface area contributed by atoms with Gasteiger partial charge < -0.3 is 5.11 Å². The van der Waals surface area contributed by atoms with Crippen LogP contribution in [0.1, 0.15) is 32.1 Å². The van der Waals surface area contributed by atoms with Crippen LogP contribution in [0.25, 0.3) is 0 Å². The Morgan fingerprint density at radius 1 is 1.06 bits per heavy atom. The molecule has 0 aromatic heterocycles. The molecule has 0 aliphatic heterocycles. The van der Waals surface area contributed by atoms with Gasteiger partial charge in [0.05, 0.1) is 5.60 Å². The van der Waals surface area contributed by atoms with Crippen LogP contribution in [0.4, 0.5) is 0 Å². The molecule has 86 valence electrons. The minimum absolute atomic E-state index is 0.542. The van der Waals surface area contributed by atoms with E-state index in [4.69, 9.17) is 0 Å². The maximum atomic E-state index is 10.2. The second-order valence-corrected chi connectivity index (χ2v) is 5.38. The fraction of sp³-hybridized carbons (Fsp3) is 0.429. The van der Waals surface area contributed by atoms with Gasteiger partial charge in [0.2, 0.25) is 0 Å². The van der Waals surface area contributed by atoms with E-state index < -0.39 is 5.60 Å². The van der Waals surface area contributed by atoms with Crippen molar-refractivity contribution >= 4 is 11.8 Å². The van der Waals surface area contributed by atoms with Gasteiger partial charge in [-0.2, -0.15) is 0 Å². The van der Waals surface area contributed by atoms with Crippen LogP contribution in [0.5, 0.6) is 0 Å². The first-order valence-corrected chi connectivity index (χ1v) is 6.78. The van der Waals surface area contributed by atoms with Crippen LogP contribution in [-0.2, 0) is 0 Å². The lowest BCUT2D eigenvalue weighted by molar-refractivity contribution is 0.0515. The Hall–Kier alpha value is -0.730. The van der Waals surface area contributed by atoms with Gasteiger partial charge in [-0.05, 0) is 36.5 Å². The van der Waals surface area contributed by atoms with Crippen molar-refractivity contribution in [2.45, 2.75) is 42.6 Å². The minimum atomic E-state index is -0.542. The lowest BCUT2D eigenvalue weighted by Crippen LogP contribution is -2.28. The largest absolute Gasteiger partial charge is 0.386 e. The summed E-state index contributed by atoms with van der Waals surface area (Å²) in [6, 6.07) is 10.2. The van der Waals surface area contributed by atoms with Gasteiger partial charge in [-0.25, -0.2) is 0 Å². The summed E-state index contributed by atoms with van der Waals surface area (Å²) in [5.41, 5.74) is -0.542. The zero-order valence-electron chi connectivity index (χ0n) is 9.43. The molecule has 0 amide bonds. The first-order valence-electron chi connectivity index (χ1n) is 5.90. The molecule has 1 aromatic rings. The molecule has 1 saturated carbocycles. The van der Waals surface area contributed by atoms with E-state index in [9.17, 15) is 5.11 Å². The Morgan fingerprint density at radius 2 is 1.75 bits per heavy atom. The summed E-state index contributed by atoms with van der Waals surface area (Å²) in [7, 11) is 0. The standard InChI is InChI=1S/C14H18OS/c15-14(9-5-2-6-10-14)11-12-16-13-7-3-1-4-8-13/h1,3-4,7-8,11-12,15H,2,5-6,9-10H2/b12-11+.